The molecule has 1 unspecified atom stereocenters. The maximum Gasteiger partial charge on any atom is 0.245 e. The van der Waals surface area contributed by atoms with Crippen LogP contribution in [0.2, 0.25) is 5.02 Å². The molecule has 1 aromatic carbocycles. The summed E-state index contributed by atoms with van der Waals surface area (Å²) < 4.78 is 0. The molecule has 0 aliphatic carbocycles. The van der Waals surface area contributed by atoms with Crippen molar-refractivity contribution in [2.24, 2.45) is 0 Å². The van der Waals surface area contributed by atoms with Gasteiger partial charge in [0.15, 0.2) is 0 Å². The number of amides is 2. The molecule has 1 aromatic rings. The highest BCUT2D eigenvalue weighted by molar-refractivity contribution is 6.30. The Morgan fingerprint density at radius 2 is 2.09 bits per heavy atom. The fourth-order valence-corrected chi connectivity index (χ4v) is 2.18. The molecule has 1 atom stereocenters. The first kappa shape index (κ1) is 16.4. The fraction of sp³-hybridized carbons (Fsp3) is 0.375. The van der Waals surface area contributed by atoms with Crippen molar-refractivity contribution in [3.63, 3.8) is 0 Å². The summed E-state index contributed by atoms with van der Waals surface area (Å²) in [6.45, 7) is 3.92. The van der Waals surface area contributed by atoms with Crippen LogP contribution in [0.5, 0.6) is 0 Å². The third-order valence-electron chi connectivity index (χ3n) is 3.51. The first-order chi connectivity index (χ1) is 10.5. The molecule has 0 radical (unpaired) electrons. The Bertz CT molecular complexity index is 584. The van der Waals surface area contributed by atoms with Crippen molar-refractivity contribution >= 4 is 29.1 Å². The quantitative estimate of drug-likeness (QED) is 0.875. The molecule has 2 amide bonds. The number of benzene rings is 1. The molecule has 0 saturated heterocycles. The zero-order chi connectivity index (χ0) is 16.1. The number of nitrogens with one attached hydrogen (secondary N) is 2. The molecule has 0 aromatic heterocycles. The summed E-state index contributed by atoms with van der Waals surface area (Å²) in [4.78, 5) is 23.9. The smallest absolute Gasteiger partial charge is 0.245 e. The van der Waals surface area contributed by atoms with Crippen LogP contribution in [0.1, 0.15) is 32.3 Å². The van der Waals surface area contributed by atoms with Crippen LogP contribution in [0.3, 0.4) is 0 Å². The van der Waals surface area contributed by atoms with Crippen molar-refractivity contribution in [3.8, 4) is 0 Å². The van der Waals surface area contributed by atoms with Crippen LogP contribution in [0.15, 0.2) is 30.3 Å². The molecular formula is C16H20ClN3O2. The fourth-order valence-electron chi connectivity index (χ4n) is 2.06. The van der Waals surface area contributed by atoms with Crippen LogP contribution < -0.4 is 10.7 Å². The molecule has 0 spiro atoms. The second-order valence-corrected chi connectivity index (χ2v) is 5.73. The van der Waals surface area contributed by atoms with Gasteiger partial charge in [-0.25, -0.2) is 5.01 Å². The molecule has 118 valence electrons. The highest BCUT2D eigenvalue weighted by Crippen LogP contribution is 2.19. The highest BCUT2D eigenvalue weighted by Gasteiger charge is 2.22. The molecule has 2 rings (SSSR count). The molecule has 1 aliphatic heterocycles. The molecule has 2 N–H and O–H groups in total. The van der Waals surface area contributed by atoms with Crippen LogP contribution in [-0.2, 0) is 9.59 Å². The number of hydrogen-bond acceptors (Lipinski definition) is 3. The van der Waals surface area contributed by atoms with Crippen molar-refractivity contribution in [2.45, 2.75) is 32.7 Å². The Labute approximate surface area is 135 Å². The molecule has 6 heteroatoms. The van der Waals surface area contributed by atoms with E-state index in [1.54, 1.807) is 12.1 Å². The molecule has 5 nitrogen and oxygen atoms in total. The van der Waals surface area contributed by atoms with Gasteiger partial charge in [0.1, 0.15) is 6.54 Å². The monoisotopic (exact) mass is 321 g/mol. The Morgan fingerprint density at radius 3 is 2.73 bits per heavy atom. The van der Waals surface area contributed by atoms with Crippen LogP contribution in [0.25, 0.3) is 5.70 Å². The van der Waals surface area contributed by atoms with Crippen molar-refractivity contribution in [2.75, 3.05) is 6.54 Å². The van der Waals surface area contributed by atoms with Gasteiger partial charge in [-0.3, -0.25) is 15.0 Å². The molecule has 0 fully saturated rings. The van der Waals surface area contributed by atoms with Crippen LogP contribution in [0.4, 0.5) is 0 Å². The number of halogens is 1. The lowest BCUT2D eigenvalue weighted by Crippen LogP contribution is -2.50. The lowest BCUT2D eigenvalue weighted by atomic mass is 10.1. The summed E-state index contributed by atoms with van der Waals surface area (Å²) in [5, 5.41) is 4.85. The van der Waals surface area contributed by atoms with Crippen LogP contribution in [0, 0.1) is 0 Å². The SMILES string of the molecule is CCC(C)NC(=O)CN1NC(c2ccc(Cl)cc2)=CCC1=O. The molecule has 22 heavy (non-hydrogen) atoms. The van der Waals surface area contributed by atoms with Gasteiger partial charge in [0, 0.05) is 17.5 Å². The molecule has 1 aliphatic rings. The van der Waals surface area contributed by atoms with E-state index in [1.165, 1.54) is 5.01 Å². The van der Waals surface area contributed by atoms with Gasteiger partial charge in [-0.05, 0) is 37.1 Å². The Morgan fingerprint density at radius 1 is 1.41 bits per heavy atom. The van der Waals surface area contributed by atoms with E-state index in [0.29, 0.717) is 5.02 Å². The molecular weight excluding hydrogens is 302 g/mol. The van der Waals surface area contributed by atoms with E-state index in [2.05, 4.69) is 10.7 Å². The van der Waals surface area contributed by atoms with Crippen LogP contribution in [-0.4, -0.2) is 29.4 Å². The normalized spacial score (nSPS) is 15.9. The van der Waals surface area contributed by atoms with E-state index in [4.69, 9.17) is 11.6 Å². The second-order valence-electron chi connectivity index (χ2n) is 5.30. The summed E-state index contributed by atoms with van der Waals surface area (Å²) in [6.07, 6.45) is 2.93. The van der Waals surface area contributed by atoms with E-state index >= 15 is 0 Å². The van der Waals surface area contributed by atoms with Crippen molar-refractivity contribution in [1.82, 2.24) is 15.8 Å². The van der Waals surface area contributed by atoms with Crippen molar-refractivity contribution in [3.05, 3.63) is 40.9 Å². The van der Waals surface area contributed by atoms with Gasteiger partial charge in [0.25, 0.3) is 0 Å². The minimum Gasteiger partial charge on any atom is -0.352 e. The van der Waals surface area contributed by atoms with Gasteiger partial charge in [-0.15, -0.1) is 0 Å². The molecule has 1 heterocycles. The van der Waals surface area contributed by atoms with Gasteiger partial charge in [0.2, 0.25) is 11.8 Å². The van der Waals surface area contributed by atoms with Gasteiger partial charge < -0.3 is 5.32 Å². The van der Waals surface area contributed by atoms with E-state index in [0.717, 1.165) is 17.7 Å². The number of nitrogens with zero attached hydrogens (tertiary/aromatic N) is 1. The second kappa shape index (κ2) is 7.31. The van der Waals surface area contributed by atoms with E-state index in [9.17, 15) is 9.59 Å². The average molecular weight is 322 g/mol. The first-order valence-corrected chi connectivity index (χ1v) is 7.70. The van der Waals surface area contributed by atoms with Gasteiger partial charge in [-0.2, -0.15) is 0 Å². The van der Waals surface area contributed by atoms with Crippen molar-refractivity contribution < 1.29 is 9.59 Å². The number of hydrazine groups is 1. The standard InChI is InChI=1S/C16H20ClN3O2/c1-3-11(2)18-15(21)10-20-16(22)9-8-14(19-20)12-4-6-13(17)7-5-12/h4-8,11,19H,3,9-10H2,1-2H3,(H,18,21). The summed E-state index contributed by atoms with van der Waals surface area (Å²) in [6, 6.07) is 7.41. The van der Waals surface area contributed by atoms with E-state index in [1.807, 2.05) is 32.1 Å². The predicted molar refractivity (Wildman–Crippen MR) is 86.8 cm³/mol. The molecule has 0 saturated carbocycles. The third kappa shape index (κ3) is 4.24. The Balaban J connectivity index is 2.02. The van der Waals surface area contributed by atoms with Gasteiger partial charge in [-0.1, -0.05) is 30.7 Å². The van der Waals surface area contributed by atoms with Crippen LogP contribution >= 0.6 is 11.6 Å². The number of rotatable bonds is 5. The average Bonchev–Trinajstić information content (AvgIpc) is 2.50. The highest BCUT2D eigenvalue weighted by atomic mass is 35.5. The first-order valence-electron chi connectivity index (χ1n) is 7.32. The summed E-state index contributed by atoms with van der Waals surface area (Å²) in [5.41, 5.74) is 4.72. The van der Waals surface area contributed by atoms with Crippen molar-refractivity contribution in [1.29, 1.82) is 0 Å². The minimum absolute atomic E-state index is 0.00585. The summed E-state index contributed by atoms with van der Waals surface area (Å²) in [5.74, 6) is -0.301. The zero-order valence-corrected chi connectivity index (χ0v) is 13.5. The lowest BCUT2D eigenvalue weighted by Gasteiger charge is -2.29. The Kier molecular flexibility index (Phi) is 5.44. The predicted octanol–water partition coefficient (Wildman–Crippen LogP) is 2.33. The zero-order valence-electron chi connectivity index (χ0n) is 12.7. The third-order valence-corrected chi connectivity index (χ3v) is 3.77. The summed E-state index contributed by atoms with van der Waals surface area (Å²) >= 11 is 5.88. The maximum atomic E-state index is 11.9. The van der Waals surface area contributed by atoms with Gasteiger partial charge in [0.05, 0.1) is 5.70 Å². The molecule has 0 bridgehead atoms. The Hall–Kier alpha value is -2.01. The van der Waals surface area contributed by atoms with E-state index < -0.39 is 0 Å². The van der Waals surface area contributed by atoms with Gasteiger partial charge >= 0.3 is 0 Å². The maximum absolute atomic E-state index is 11.9. The largest absolute Gasteiger partial charge is 0.352 e. The number of carbonyl (C=O) groups excluding carboxylic acids is 2. The number of carbonyl (C=O) groups is 2. The topological polar surface area (TPSA) is 61.4 Å². The lowest BCUT2D eigenvalue weighted by molar-refractivity contribution is -0.138. The summed E-state index contributed by atoms with van der Waals surface area (Å²) in [7, 11) is 0. The minimum atomic E-state index is -0.174. The number of hydrogen-bond donors (Lipinski definition) is 2. The van der Waals surface area contributed by atoms with E-state index in [-0.39, 0.29) is 30.8 Å².